The molecule has 68 valence electrons. The summed E-state index contributed by atoms with van der Waals surface area (Å²) >= 11 is 0. The first-order valence-corrected chi connectivity index (χ1v) is 4.22. The number of nitrogen functional groups attached to an aromatic ring is 1. The van der Waals surface area contributed by atoms with Crippen molar-refractivity contribution in [3.8, 4) is 5.75 Å². The number of hydrogen-bond acceptors (Lipinski definition) is 3. The zero-order valence-corrected chi connectivity index (χ0v) is 7.46. The Kier molecular flexibility index (Phi) is 1.72. The average molecular weight is 177 g/mol. The Bertz CT molecular complexity index is 371. The summed E-state index contributed by atoms with van der Waals surface area (Å²) in [4.78, 5) is 11.3. The van der Waals surface area contributed by atoms with Gasteiger partial charge in [0.1, 0.15) is 5.75 Å². The second-order valence-corrected chi connectivity index (χ2v) is 3.17. The van der Waals surface area contributed by atoms with Crippen molar-refractivity contribution in [1.29, 1.82) is 0 Å². The molecule has 0 heterocycles. The number of Topliss-reactive ketones (excluding diaryl/α,β-unsaturated/α-hetero) is 1. The van der Waals surface area contributed by atoms with Crippen molar-refractivity contribution in [2.24, 2.45) is 0 Å². The molecule has 1 aromatic carbocycles. The molecule has 0 bridgehead atoms. The van der Waals surface area contributed by atoms with Crippen LogP contribution < -0.4 is 10.5 Å². The van der Waals surface area contributed by atoms with Gasteiger partial charge in [-0.05, 0) is 24.1 Å². The Morgan fingerprint density at radius 1 is 1.38 bits per heavy atom. The summed E-state index contributed by atoms with van der Waals surface area (Å²) in [5.74, 6) is 0.845. The molecule has 2 N–H and O–H groups in total. The monoisotopic (exact) mass is 177 g/mol. The fourth-order valence-corrected chi connectivity index (χ4v) is 1.66. The molecule has 0 aliphatic heterocycles. The third-order valence-corrected chi connectivity index (χ3v) is 2.38. The first-order chi connectivity index (χ1) is 6.22. The number of benzene rings is 1. The zero-order valence-electron chi connectivity index (χ0n) is 7.46. The third kappa shape index (κ3) is 1.16. The molecule has 0 amide bonds. The summed E-state index contributed by atoms with van der Waals surface area (Å²) in [5.41, 5.74) is 8.04. The first-order valence-electron chi connectivity index (χ1n) is 4.22. The van der Waals surface area contributed by atoms with Crippen LogP contribution >= 0.6 is 0 Å². The first kappa shape index (κ1) is 8.10. The second-order valence-electron chi connectivity index (χ2n) is 3.17. The van der Waals surface area contributed by atoms with Gasteiger partial charge in [0.2, 0.25) is 0 Å². The van der Waals surface area contributed by atoms with E-state index in [2.05, 4.69) is 0 Å². The maximum absolute atomic E-state index is 11.3. The molecule has 1 aliphatic rings. The largest absolute Gasteiger partial charge is 0.495 e. The van der Waals surface area contributed by atoms with Gasteiger partial charge in [0.15, 0.2) is 5.78 Å². The number of methoxy groups -OCH3 is 1. The van der Waals surface area contributed by atoms with Gasteiger partial charge in [-0.1, -0.05) is 0 Å². The van der Waals surface area contributed by atoms with E-state index in [0.717, 1.165) is 17.5 Å². The van der Waals surface area contributed by atoms with Crippen molar-refractivity contribution >= 4 is 11.5 Å². The smallest absolute Gasteiger partial charge is 0.163 e. The molecule has 0 saturated heterocycles. The van der Waals surface area contributed by atoms with Crippen molar-refractivity contribution in [3.63, 3.8) is 0 Å². The fraction of sp³-hybridized carbons (Fsp3) is 0.300. The van der Waals surface area contributed by atoms with Crippen LogP contribution in [-0.4, -0.2) is 12.9 Å². The fourth-order valence-electron chi connectivity index (χ4n) is 1.66. The molecule has 0 aromatic heterocycles. The van der Waals surface area contributed by atoms with Crippen LogP contribution in [-0.2, 0) is 6.42 Å². The highest BCUT2D eigenvalue weighted by molar-refractivity contribution is 6.01. The summed E-state index contributed by atoms with van der Waals surface area (Å²) in [5, 5.41) is 0. The molecule has 0 radical (unpaired) electrons. The maximum Gasteiger partial charge on any atom is 0.163 e. The van der Waals surface area contributed by atoms with E-state index >= 15 is 0 Å². The lowest BCUT2D eigenvalue weighted by Crippen LogP contribution is -1.97. The minimum atomic E-state index is 0.185. The molecule has 3 heteroatoms. The molecular formula is C10H11NO2. The van der Waals surface area contributed by atoms with Gasteiger partial charge in [-0.15, -0.1) is 0 Å². The number of nitrogens with two attached hydrogens (primary N) is 1. The molecular weight excluding hydrogens is 166 g/mol. The van der Waals surface area contributed by atoms with Gasteiger partial charge in [-0.2, -0.15) is 0 Å². The Balaban J connectivity index is 2.56. The van der Waals surface area contributed by atoms with E-state index in [1.165, 1.54) is 0 Å². The third-order valence-electron chi connectivity index (χ3n) is 2.38. The van der Waals surface area contributed by atoms with E-state index < -0.39 is 0 Å². The number of carbonyl (C=O) groups is 1. The molecule has 1 aliphatic carbocycles. The molecule has 0 fully saturated rings. The minimum absolute atomic E-state index is 0.185. The van der Waals surface area contributed by atoms with Crippen molar-refractivity contribution in [2.45, 2.75) is 12.8 Å². The Morgan fingerprint density at radius 2 is 2.15 bits per heavy atom. The molecule has 0 atom stereocenters. The van der Waals surface area contributed by atoms with Crippen LogP contribution in [0.3, 0.4) is 0 Å². The molecule has 3 nitrogen and oxygen atoms in total. The average Bonchev–Trinajstić information content (AvgIpc) is 2.47. The van der Waals surface area contributed by atoms with Crippen LogP contribution in [0.5, 0.6) is 5.75 Å². The van der Waals surface area contributed by atoms with Crippen molar-refractivity contribution in [2.75, 3.05) is 12.8 Å². The predicted molar refractivity (Wildman–Crippen MR) is 50.1 cm³/mol. The zero-order chi connectivity index (χ0) is 9.42. The molecule has 2 rings (SSSR count). The van der Waals surface area contributed by atoms with Gasteiger partial charge >= 0.3 is 0 Å². The summed E-state index contributed by atoms with van der Waals surface area (Å²) in [6.07, 6.45) is 1.41. The minimum Gasteiger partial charge on any atom is -0.495 e. The molecule has 0 unspecified atom stereocenters. The number of anilines is 1. The van der Waals surface area contributed by atoms with Gasteiger partial charge in [0, 0.05) is 12.0 Å². The normalized spacial score (nSPS) is 14.4. The lowest BCUT2D eigenvalue weighted by molar-refractivity contribution is 0.0994. The number of ether oxygens (including phenoxy) is 1. The number of ketones is 1. The summed E-state index contributed by atoms with van der Waals surface area (Å²) in [6, 6.07) is 3.57. The van der Waals surface area contributed by atoms with E-state index in [1.54, 1.807) is 13.2 Å². The molecule has 13 heavy (non-hydrogen) atoms. The lowest BCUT2D eigenvalue weighted by atomic mass is 10.1. The molecule has 1 aromatic rings. The van der Waals surface area contributed by atoms with Crippen molar-refractivity contribution < 1.29 is 9.53 Å². The molecule has 0 spiro atoms. The summed E-state index contributed by atoms with van der Waals surface area (Å²) < 4.78 is 5.07. The number of rotatable bonds is 1. The number of hydrogen-bond donors (Lipinski definition) is 1. The quantitative estimate of drug-likeness (QED) is 0.660. The number of carbonyl (C=O) groups excluding carboxylic acids is 1. The highest BCUT2D eigenvalue weighted by atomic mass is 16.5. The van der Waals surface area contributed by atoms with Gasteiger partial charge < -0.3 is 10.5 Å². The van der Waals surface area contributed by atoms with Crippen LogP contribution in [0, 0.1) is 0 Å². The standard InChI is InChI=1S/C10H11NO2/c1-13-10-4-6-2-3-9(12)7(6)5-8(10)11/h4-5H,2-3,11H2,1H3. The van der Waals surface area contributed by atoms with Crippen LogP contribution in [0.15, 0.2) is 12.1 Å². The van der Waals surface area contributed by atoms with E-state index in [0.29, 0.717) is 17.9 Å². The van der Waals surface area contributed by atoms with Gasteiger partial charge in [0.25, 0.3) is 0 Å². The highest BCUT2D eigenvalue weighted by Crippen LogP contribution is 2.31. The molecule has 0 saturated carbocycles. The second kappa shape index (κ2) is 2.76. The SMILES string of the molecule is COc1cc2c(cc1N)C(=O)CC2. The Hall–Kier alpha value is -1.51. The highest BCUT2D eigenvalue weighted by Gasteiger charge is 2.20. The Morgan fingerprint density at radius 3 is 2.85 bits per heavy atom. The van der Waals surface area contributed by atoms with Crippen LogP contribution in [0.1, 0.15) is 22.3 Å². The van der Waals surface area contributed by atoms with E-state index in [4.69, 9.17) is 10.5 Å². The Labute approximate surface area is 76.5 Å². The van der Waals surface area contributed by atoms with Gasteiger partial charge in [0.05, 0.1) is 12.8 Å². The van der Waals surface area contributed by atoms with Crippen molar-refractivity contribution in [3.05, 3.63) is 23.3 Å². The lowest BCUT2D eigenvalue weighted by Gasteiger charge is -2.06. The van der Waals surface area contributed by atoms with Crippen LogP contribution in [0.4, 0.5) is 5.69 Å². The van der Waals surface area contributed by atoms with Crippen LogP contribution in [0.25, 0.3) is 0 Å². The van der Waals surface area contributed by atoms with E-state index in [1.807, 2.05) is 6.07 Å². The van der Waals surface area contributed by atoms with Gasteiger partial charge in [-0.25, -0.2) is 0 Å². The van der Waals surface area contributed by atoms with Crippen molar-refractivity contribution in [1.82, 2.24) is 0 Å². The van der Waals surface area contributed by atoms with Crippen LogP contribution in [0.2, 0.25) is 0 Å². The number of aryl methyl sites for hydroxylation is 1. The topological polar surface area (TPSA) is 52.3 Å². The summed E-state index contributed by atoms with van der Waals surface area (Å²) in [6.45, 7) is 0. The van der Waals surface area contributed by atoms with E-state index in [9.17, 15) is 4.79 Å². The van der Waals surface area contributed by atoms with E-state index in [-0.39, 0.29) is 5.78 Å². The van der Waals surface area contributed by atoms with Gasteiger partial charge in [-0.3, -0.25) is 4.79 Å². The summed E-state index contributed by atoms with van der Waals surface area (Å²) in [7, 11) is 1.58. The maximum atomic E-state index is 11.3. The number of fused-ring (bicyclic) bond motifs is 1. The predicted octanol–water partition coefficient (Wildman–Crippen LogP) is 1.41.